The fourth-order valence-corrected chi connectivity index (χ4v) is 2.69. The third kappa shape index (κ3) is 5.69. The maximum atomic E-state index is 12.0. The average Bonchev–Trinajstić information content (AvgIpc) is 2.63. The standard InChI is InChI=1S/C21H27NO4/c1-15-5-7-18(16(2)13-15)26-12-10-21(23)22-11-9-17-6-8-19(24-3)20(14-17)25-4/h5-8,13-14H,9-12H2,1-4H3,(H,22,23). The second-order valence-electron chi connectivity index (χ2n) is 6.16. The summed E-state index contributed by atoms with van der Waals surface area (Å²) in [5.74, 6) is 2.20. The second-order valence-corrected chi connectivity index (χ2v) is 6.16. The Balaban J connectivity index is 1.72. The molecule has 140 valence electrons. The van der Waals surface area contributed by atoms with Gasteiger partial charge in [0.15, 0.2) is 11.5 Å². The number of hydrogen-bond donors (Lipinski definition) is 1. The summed E-state index contributed by atoms with van der Waals surface area (Å²) in [5, 5.41) is 2.92. The number of aryl methyl sites for hydroxylation is 2. The van der Waals surface area contributed by atoms with E-state index in [-0.39, 0.29) is 5.91 Å². The van der Waals surface area contributed by atoms with Gasteiger partial charge in [-0.3, -0.25) is 4.79 Å². The smallest absolute Gasteiger partial charge is 0.223 e. The van der Waals surface area contributed by atoms with Crippen LogP contribution in [0.25, 0.3) is 0 Å². The van der Waals surface area contributed by atoms with E-state index in [4.69, 9.17) is 14.2 Å². The van der Waals surface area contributed by atoms with Crippen LogP contribution in [-0.4, -0.2) is 33.3 Å². The summed E-state index contributed by atoms with van der Waals surface area (Å²) in [6.45, 7) is 4.98. The Labute approximate surface area is 155 Å². The zero-order valence-corrected chi connectivity index (χ0v) is 15.9. The number of ether oxygens (including phenoxy) is 3. The molecule has 2 aromatic rings. The van der Waals surface area contributed by atoms with Crippen molar-refractivity contribution in [3.63, 3.8) is 0 Å². The summed E-state index contributed by atoms with van der Waals surface area (Å²) >= 11 is 0. The first-order valence-corrected chi connectivity index (χ1v) is 8.71. The zero-order chi connectivity index (χ0) is 18.9. The average molecular weight is 357 g/mol. The third-order valence-electron chi connectivity index (χ3n) is 4.10. The van der Waals surface area contributed by atoms with E-state index in [1.165, 1.54) is 5.56 Å². The Morgan fingerprint density at radius 3 is 2.38 bits per heavy atom. The van der Waals surface area contributed by atoms with E-state index in [1.807, 2.05) is 44.2 Å². The molecule has 26 heavy (non-hydrogen) atoms. The number of methoxy groups -OCH3 is 2. The van der Waals surface area contributed by atoms with Gasteiger partial charge in [0.2, 0.25) is 5.91 Å². The summed E-state index contributed by atoms with van der Waals surface area (Å²) in [4.78, 5) is 12.0. The van der Waals surface area contributed by atoms with Gasteiger partial charge in [0.05, 0.1) is 27.2 Å². The van der Waals surface area contributed by atoms with Gasteiger partial charge in [-0.1, -0.05) is 23.8 Å². The van der Waals surface area contributed by atoms with Crippen molar-refractivity contribution in [3.8, 4) is 17.2 Å². The monoisotopic (exact) mass is 357 g/mol. The Morgan fingerprint density at radius 2 is 1.69 bits per heavy atom. The first-order valence-electron chi connectivity index (χ1n) is 8.71. The molecule has 0 saturated heterocycles. The van der Waals surface area contributed by atoms with Crippen molar-refractivity contribution in [1.82, 2.24) is 5.32 Å². The molecule has 2 aromatic carbocycles. The Morgan fingerprint density at radius 1 is 0.962 bits per heavy atom. The molecule has 0 saturated carbocycles. The highest BCUT2D eigenvalue weighted by molar-refractivity contribution is 5.76. The van der Waals surface area contributed by atoms with Crippen molar-refractivity contribution in [2.24, 2.45) is 0 Å². The van der Waals surface area contributed by atoms with Crippen LogP contribution in [0.4, 0.5) is 0 Å². The van der Waals surface area contributed by atoms with Crippen LogP contribution in [0, 0.1) is 13.8 Å². The van der Waals surface area contributed by atoms with Crippen LogP contribution in [-0.2, 0) is 11.2 Å². The number of rotatable bonds is 9. The van der Waals surface area contributed by atoms with E-state index in [0.717, 1.165) is 23.3 Å². The van der Waals surface area contributed by atoms with Gasteiger partial charge in [-0.05, 0) is 49.6 Å². The molecular weight excluding hydrogens is 330 g/mol. The van der Waals surface area contributed by atoms with Gasteiger partial charge < -0.3 is 19.5 Å². The molecule has 0 aliphatic carbocycles. The molecule has 0 atom stereocenters. The first-order chi connectivity index (χ1) is 12.5. The highest BCUT2D eigenvalue weighted by atomic mass is 16.5. The van der Waals surface area contributed by atoms with E-state index in [9.17, 15) is 4.79 Å². The van der Waals surface area contributed by atoms with Crippen molar-refractivity contribution in [2.75, 3.05) is 27.4 Å². The van der Waals surface area contributed by atoms with Crippen LogP contribution >= 0.6 is 0 Å². The van der Waals surface area contributed by atoms with E-state index in [1.54, 1.807) is 14.2 Å². The predicted molar refractivity (Wildman–Crippen MR) is 102 cm³/mol. The minimum absolute atomic E-state index is 0.0183. The van der Waals surface area contributed by atoms with Gasteiger partial charge in [-0.25, -0.2) is 0 Å². The molecule has 0 unspecified atom stereocenters. The molecule has 0 aliphatic rings. The summed E-state index contributed by atoms with van der Waals surface area (Å²) in [5.41, 5.74) is 3.36. The zero-order valence-electron chi connectivity index (χ0n) is 15.9. The quantitative estimate of drug-likeness (QED) is 0.747. The lowest BCUT2D eigenvalue weighted by Crippen LogP contribution is -2.27. The summed E-state index contributed by atoms with van der Waals surface area (Å²) < 4.78 is 16.2. The van der Waals surface area contributed by atoms with E-state index in [2.05, 4.69) is 11.4 Å². The number of hydrogen-bond acceptors (Lipinski definition) is 4. The fourth-order valence-electron chi connectivity index (χ4n) is 2.69. The molecule has 0 radical (unpaired) electrons. The molecule has 1 amide bonds. The van der Waals surface area contributed by atoms with Crippen molar-refractivity contribution in [2.45, 2.75) is 26.7 Å². The van der Waals surface area contributed by atoms with Gasteiger partial charge in [0.25, 0.3) is 0 Å². The second kappa shape index (κ2) is 9.70. The van der Waals surface area contributed by atoms with Crippen molar-refractivity contribution in [3.05, 3.63) is 53.1 Å². The normalized spacial score (nSPS) is 10.3. The summed E-state index contributed by atoms with van der Waals surface area (Å²) in [7, 11) is 3.22. The van der Waals surface area contributed by atoms with Crippen molar-refractivity contribution in [1.29, 1.82) is 0 Å². The highest BCUT2D eigenvalue weighted by Gasteiger charge is 2.06. The van der Waals surface area contributed by atoms with E-state index < -0.39 is 0 Å². The first kappa shape index (κ1) is 19.6. The lowest BCUT2D eigenvalue weighted by atomic mass is 10.1. The van der Waals surface area contributed by atoms with Gasteiger partial charge >= 0.3 is 0 Å². The van der Waals surface area contributed by atoms with Gasteiger partial charge in [0.1, 0.15) is 5.75 Å². The Bertz CT molecular complexity index is 743. The van der Waals surface area contributed by atoms with Crippen LogP contribution in [0.15, 0.2) is 36.4 Å². The molecule has 0 fully saturated rings. The maximum Gasteiger partial charge on any atom is 0.223 e. The molecule has 5 nitrogen and oxygen atoms in total. The number of nitrogens with one attached hydrogen (secondary N) is 1. The Kier molecular flexibility index (Phi) is 7.33. The van der Waals surface area contributed by atoms with E-state index >= 15 is 0 Å². The molecular formula is C21H27NO4. The van der Waals surface area contributed by atoms with Gasteiger partial charge in [-0.2, -0.15) is 0 Å². The van der Waals surface area contributed by atoms with Crippen molar-refractivity contribution < 1.29 is 19.0 Å². The number of benzene rings is 2. The van der Waals surface area contributed by atoms with Crippen LogP contribution < -0.4 is 19.5 Å². The lowest BCUT2D eigenvalue weighted by molar-refractivity contribution is -0.121. The number of carbonyl (C=O) groups excluding carboxylic acids is 1. The highest BCUT2D eigenvalue weighted by Crippen LogP contribution is 2.27. The minimum atomic E-state index is -0.0183. The fraction of sp³-hybridized carbons (Fsp3) is 0.381. The number of amides is 1. The molecule has 0 heterocycles. The number of carbonyl (C=O) groups is 1. The third-order valence-corrected chi connectivity index (χ3v) is 4.10. The van der Waals surface area contributed by atoms with Crippen LogP contribution in [0.2, 0.25) is 0 Å². The lowest BCUT2D eigenvalue weighted by Gasteiger charge is -2.11. The SMILES string of the molecule is COc1ccc(CCNC(=O)CCOc2ccc(C)cc2C)cc1OC. The van der Waals surface area contributed by atoms with Crippen LogP contribution in [0.1, 0.15) is 23.1 Å². The molecule has 0 spiro atoms. The van der Waals surface area contributed by atoms with Gasteiger partial charge in [0, 0.05) is 6.54 Å². The molecule has 0 bridgehead atoms. The predicted octanol–water partition coefficient (Wildman–Crippen LogP) is 3.45. The molecule has 0 aromatic heterocycles. The minimum Gasteiger partial charge on any atom is -0.493 e. The molecule has 2 rings (SSSR count). The summed E-state index contributed by atoms with van der Waals surface area (Å²) in [6, 6.07) is 11.8. The van der Waals surface area contributed by atoms with Crippen LogP contribution in [0.3, 0.4) is 0 Å². The summed E-state index contributed by atoms with van der Waals surface area (Å²) in [6.07, 6.45) is 1.06. The Hall–Kier alpha value is -2.69. The van der Waals surface area contributed by atoms with Gasteiger partial charge in [-0.15, -0.1) is 0 Å². The molecule has 1 N–H and O–H groups in total. The van der Waals surface area contributed by atoms with Crippen molar-refractivity contribution >= 4 is 5.91 Å². The topological polar surface area (TPSA) is 56.8 Å². The van der Waals surface area contributed by atoms with Crippen LogP contribution in [0.5, 0.6) is 17.2 Å². The largest absolute Gasteiger partial charge is 0.493 e. The molecule has 5 heteroatoms. The maximum absolute atomic E-state index is 12.0. The van der Waals surface area contributed by atoms with E-state index in [0.29, 0.717) is 31.1 Å². The molecule has 0 aliphatic heterocycles.